The highest BCUT2D eigenvalue weighted by molar-refractivity contribution is 7.09. The molecule has 1 rings (SSSR count). The van der Waals surface area contributed by atoms with Gasteiger partial charge in [0.05, 0.1) is 0 Å². The third kappa shape index (κ3) is 5.47. The predicted molar refractivity (Wildman–Crippen MR) is 74.1 cm³/mol. The molecule has 2 unspecified atom stereocenters. The lowest BCUT2D eigenvalue weighted by Crippen LogP contribution is -2.30. The van der Waals surface area contributed by atoms with Gasteiger partial charge >= 0.3 is 0 Å². The maximum absolute atomic E-state index is 3.75. The molecule has 0 saturated carbocycles. The molecule has 0 aromatic carbocycles. The van der Waals surface area contributed by atoms with Crippen LogP contribution < -0.4 is 5.32 Å². The Kier molecular flexibility index (Phi) is 6.43. The summed E-state index contributed by atoms with van der Waals surface area (Å²) in [5.74, 6) is 0.713. The molecular weight excluding hydrogens is 214 g/mol. The standard InChI is InChI=1S/C14H23NS/c1-4-5-7-13(3)15-11-12(2)10-14-8-6-9-16-14/h4,6,8-9,12-13,15H,1,5,7,10-11H2,2-3H3. The van der Waals surface area contributed by atoms with Crippen LogP contribution in [0.4, 0.5) is 0 Å². The normalized spacial score (nSPS) is 14.6. The maximum Gasteiger partial charge on any atom is 0.00483 e. The van der Waals surface area contributed by atoms with Gasteiger partial charge in [0.2, 0.25) is 0 Å². The van der Waals surface area contributed by atoms with Crippen molar-refractivity contribution in [2.24, 2.45) is 5.92 Å². The first-order chi connectivity index (χ1) is 7.72. The second kappa shape index (κ2) is 7.64. The van der Waals surface area contributed by atoms with Gasteiger partial charge in [-0.2, -0.15) is 0 Å². The Morgan fingerprint density at radius 1 is 1.50 bits per heavy atom. The van der Waals surface area contributed by atoms with Crippen LogP contribution in [0, 0.1) is 5.92 Å². The van der Waals surface area contributed by atoms with E-state index in [-0.39, 0.29) is 0 Å². The first kappa shape index (κ1) is 13.5. The van der Waals surface area contributed by atoms with Crippen LogP contribution in [0.25, 0.3) is 0 Å². The molecule has 0 bridgehead atoms. The number of hydrogen-bond acceptors (Lipinski definition) is 2. The number of rotatable bonds is 8. The molecule has 2 atom stereocenters. The van der Waals surface area contributed by atoms with Crippen molar-refractivity contribution in [3.8, 4) is 0 Å². The molecule has 1 aromatic rings. The smallest absolute Gasteiger partial charge is 0.00483 e. The first-order valence-corrected chi connectivity index (χ1v) is 6.97. The second-order valence-electron chi connectivity index (χ2n) is 4.56. The quantitative estimate of drug-likeness (QED) is 0.677. The van der Waals surface area contributed by atoms with E-state index < -0.39 is 0 Å². The summed E-state index contributed by atoms with van der Waals surface area (Å²) in [6, 6.07) is 4.96. The van der Waals surface area contributed by atoms with Crippen LogP contribution in [0.3, 0.4) is 0 Å². The van der Waals surface area contributed by atoms with Crippen molar-refractivity contribution in [2.45, 2.75) is 39.2 Å². The Morgan fingerprint density at radius 2 is 2.31 bits per heavy atom. The second-order valence-corrected chi connectivity index (χ2v) is 5.60. The summed E-state index contributed by atoms with van der Waals surface area (Å²) < 4.78 is 0. The van der Waals surface area contributed by atoms with Gasteiger partial charge in [-0.1, -0.05) is 19.1 Å². The van der Waals surface area contributed by atoms with Crippen LogP contribution in [0.5, 0.6) is 0 Å². The first-order valence-electron chi connectivity index (χ1n) is 6.09. The van der Waals surface area contributed by atoms with Gasteiger partial charge in [-0.15, -0.1) is 17.9 Å². The van der Waals surface area contributed by atoms with Gasteiger partial charge in [-0.3, -0.25) is 0 Å². The Hall–Kier alpha value is -0.600. The number of nitrogens with one attached hydrogen (secondary N) is 1. The highest BCUT2D eigenvalue weighted by atomic mass is 32.1. The van der Waals surface area contributed by atoms with Gasteiger partial charge in [0, 0.05) is 10.9 Å². The summed E-state index contributed by atoms with van der Waals surface area (Å²) in [6.07, 6.45) is 5.48. The largest absolute Gasteiger partial charge is 0.314 e. The summed E-state index contributed by atoms with van der Waals surface area (Å²) in [5, 5.41) is 5.74. The van der Waals surface area contributed by atoms with Gasteiger partial charge < -0.3 is 5.32 Å². The summed E-state index contributed by atoms with van der Waals surface area (Å²) in [6.45, 7) is 9.42. The molecule has 1 N–H and O–H groups in total. The van der Waals surface area contributed by atoms with E-state index >= 15 is 0 Å². The molecule has 0 aliphatic rings. The number of hydrogen-bond donors (Lipinski definition) is 1. The van der Waals surface area contributed by atoms with E-state index in [1.165, 1.54) is 17.7 Å². The van der Waals surface area contributed by atoms with Gasteiger partial charge in [-0.05, 0) is 50.1 Å². The average molecular weight is 237 g/mol. The van der Waals surface area contributed by atoms with E-state index in [9.17, 15) is 0 Å². The number of allylic oxidation sites excluding steroid dienone is 1. The van der Waals surface area contributed by atoms with Crippen LogP contribution in [0.2, 0.25) is 0 Å². The van der Waals surface area contributed by atoms with Crippen LogP contribution in [-0.2, 0) is 6.42 Å². The average Bonchev–Trinajstić information content (AvgIpc) is 2.76. The van der Waals surface area contributed by atoms with Crippen molar-refractivity contribution in [3.63, 3.8) is 0 Å². The van der Waals surface area contributed by atoms with E-state index in [1.54, 1.807) is 0 Å². The topological polar surface area (TPSA) is 12.0 Å². The summed E-state index contributed by atoms with van der Waals surface area (Å²) in [7, 11) is 0. The zero-order valence-electron chi connectivity index (χ0n) is 10.4. The van der Waals surface area contributed by atoms with Crippen molar-refractivity contribution >= 4 is 11.3 Å². The summed E-state index contributed by atoms with van der Waals surface area (Å²) in [5.41, 5.74) is 0. The molecule has 0 aliphatic carbocycles. The molecule has 90 valence electrons. The molecule has 0 aliphatic heterocycles. The van der Waals surface area contributed by atoms with Crippen LogP contribution in [0.1, 0.15) is 31.6 Å². The van der Waals surface area contributed by atoms with Crippen molar-refractivity contribution in [1.82, 2.24) is 5.32 Å². The van der Waals surface area contributed by atoms with Crippen molar-refractivity contribution in [3.05, 3.63) is 35.0 Å². The molecule has 1 nitrogen and oxygen atoms in total. The zero-order valence-corrected chi connectivity index (χ0v) is 11.2. The molecule has 0 fully saturated rings. The Morgan fingerprint density at radius 3 is 2.94 bits per heavy atom. The minimum absolute atomic E-state index is 0.601. The minimum Gasteiger partial charge on any atom is -0.314 e. The molecule has 0 spiro atoms. The van der Waals surface area contributed by atoms with E-state index in [4.69, 9.17) is 0 Å². The molecule has 2 heteroatoms. The van der Waals surface area contributed by atoms with Crippen molar-refractivity contribution in [1.29, 1.82) is 0 Å². The van der Waals surface area contributed by atoms with Gasteiger partial charge in [0.25, 0.3) is 0 Å². The molecule has 0 amide bonds. The minimum atomic E-state index is 0.601. The summed E-state index contributed by atoms with van der Waals surface area (Å²) in [4.78, 5) is 1.49. The van der Waals surface area contributed by atoms with E-state index in [0.717, 1.165) is 13.0 Å². The molecule has 16 heavy (non-hydrogen) atoms. The molecule has 1 aromatic heterocycles. The lowest BCUT2D eigenvalue weighted by molar-refractivity contribution is 0.447. The SMILES string of the molecule is C=CCCC(C)NCC(C)Cc1cccs1. The zero-order chi connectivity index (χ0) is 11.8. The number of thiophene rings is 1. The molecule has 0 saturated heterocycles. The van der Waals surface area contributed by atoms with Crippen molar-refractivity contribution < 1.29 is 0 Å². The Labute approximate surface area is 104 Å². The highest BCUT2D eigenvalue weighted by Gasteiger charge is 2.06. The fraction of sp³-hybridized carbons (Fsp3) is 0.571. The van der Waals surface area contributed by atoms with Crippen LogP contribution >= 0.6 is 11.3 Å². The summed E-state index contributed by atoms with van der Waals surface area (Å²) >= 11 is 1.86. The monoisotopic (exact) mass is 237 g/mol. The molecule has 0 radical (unpaired) electrons. The van der Waals surface area contributed by atoms with E-state index in [2.05, 4.69) is 43.3 Å². The van der Waals surface area contributed by atoms with E-state index in [0.29, 0.717) is 12.0 Å². The van der Waals surface area contributed by atoms with Crippen LogP contribution in [0.15, 0.2) is 30.2 Å². The fourth-order valence-corrected chi connectivity index (χ4v) is 2.59. The van der Waals surface area contributed by atoms with Gasteiger partial charge in [0.1, 0.15) is 0 Å². The predicted octanol–water partition coefficient (Wildman–Crippen LogP) is 3.87. The van der Waals surface area contributed by atoms with Crippen molar-refractivity contribution in [2.75, 3.05) is 6.54 Å². The van der Waals surface area contributed by atoms with E-state index in [1.807, 2.05) is 17.4 Å². The molecular formula is C14H23NS. The van der Waals surface area contributed by atoms with Crippen LogP contribution in [-0.4, -0.2) is 12.6 Å². The third-order valence-electron chi connectivity index (χ3n) is 2.75. The third-order valence-corrected chi connectivity index (χ3v) is 3.65. The maximum atomic E-state index is 3.75. The van der Waals surface area contributed by atoms with Gasteiger partial charge in [-0.25, -0.2) is 0 Å². The fourth-order valence-electron chi connectivity index (χ4n) is 1.72. The Bertz CT molecular complexity index is 279. The lowest BCUT2D eigenvalue weighted by Gasteiger charge is -2.16. The Balaban J connectivity index is 2.14. The lowest BCUT2D eigenvalue weighted by atomic mass is 10.1. The van der Waals surface area contributed by atoms with Gasteiger partial charge in [0.15, 0.2) is 0 Å². The highest BCUT2D eigenvalue weighted by Crippen LogP contribution is 2.14. The molecule has 1 heterocycles.